The average Bonchev–Trinajstić information content (AvgIpc) is 2.54. The van der Waals surface area contributed by atoms with Crippen molar-refractivity contribution >= 4 is 40.0 Å². The van der Waals surface area contributed by atoms with Gasteiger partial charge in [0.15, 0.2) is 0 Å². The maximum absolute atomic E-state index is 11.9. The number of pyridine rings is 1. The van der Waals surface area contributed by atoms with E-state index in [1.165, 1.54) is 30.5 Å². The second kappa shape index (κ2) is 8.39. The number of aromatic nitrogens is 1. The number of carbonyl (C=O) groups excluding carboxylic acids is 1. The monoisotopic (exact) mass is 371 g/mol. The molecule has 0 aliphatic rings. The van der Waals surface area contributed by atoms with Crippen LogP contribution in [-0.2, 0) is 14.8 Å². The van der Waals surface area contributed by atoms with Gasteiger partial charge in [-0.15, -0.1) is 12.4 Å². The Hall–Kier alpha value is -2.49. The van der Waals surface area contributed by atoms with E-state index in [1.54, 1.807) is 18.2 Å². The van der Waals surface area contributed by atoms with Crippen LogP contribution in [0.4, 0.5) is 5.69 Å². The summed E-state index contributed by atoms with van der Waals surface area (Å²) in [7, 11) is -3.91. The molecule has 0 aliphatic heterocycles. The van der Waals surface area contributed by atoms with Gasteiger partial charge in [-0.25, -0.2) is 8.42 Å². The fraction of sp³-hybridized carbons (Fsp3) is 0.0714. The molecule has 1 aromatic heterocycles. The molecule has 0 aliphatic carbocycles. The highest BCUT2D eigenvalue weighted by atomic mass is 35.5. The molecule has 1 heterocycles. The molecule has 2 rings (SSSR count). The minimum absolute atomic E-state index is 0. The standard InChI is InChI=1S/C14H13N3O5S.ClH/c18-13(19)9-16-23(21,22)11-6-4-10(5-7-11)17-14(20)12-3-1-2-8-15-12;/h1-8,16H,9H2,(H,17,20)(H,18,19);1H. The number of nitrogens with one attached hydrogen (secondary N) is 2. The summed E-state index contributed by atoms with van der Waals surface area (Å²) < 4.78 is 25.6. The van der Waals surface area contributed by atoms with Crippen LogP contribution in [0.15, 0.2) is 53.6 Å². The number of benzene rings is 1. The van der Waals surface area contributed by atoms with Crippen LogP contribution in [0, 0.1) is 0 Å². The van der Waals surface area contributed by atoms with Gasteiger partial charge in [0.2, 0.25) is 10.0 Å². The third kappa shape index (κ3) is 5.30. The van der Waals surface area contributed by atoms with Gasteiger partial charge in [-0.2, -0.15) is 4.72 Å². The fourth-order valence-electron chi connectivity index (χ4n) is 1.65. The molecular weight excluding hydrogens is 358 g/mol. The average molecular weight is 372 g/mol. The highest BCUT2D eigenvalue weighted by Gasteiger charge is 2.15. The van der Waals surface area contributed by atoms with Gasteiger partial charge in [0.25, 0.3) is 5.91 Å². The first kappa shape index (κ1) is 19.6. The number of amides is 1. The molecule has 0 saturated heterocycles. The molecule has 0 saturated carbocycles. The summed E-state index contributed by atoms with van der Waals surface area (Å²) in [5.74, 6) is -1.71. The number of carboxylic acids is 1. The second-order valence-electron chi connectivity index (χ2n) is 4.41. The van der Waals surface area contributed by atoms with Crippen molar-refractivity contribution in [3.8, 4) is 0 Å². The molecule has 0 fully saturated rings. The first-order chi connectivity index (χ1) is 10.9. The van der Waals surface area contributed by atoms with Gasteiger partial charge in [0.05, 0.1) is 4.90 Å². The van der Waals surface area contributed by atoms with E-state index in [2.05, 4.69) is 10.3 Å². The van der Waals surface area contributed by atoms with Crippen LogP contribution in [0.3, 0.4) is 0 Å². The maximum Gasteiger partial charge on any atom is 0.318 e. The number of halogens is 1. The van der Waals surface area contributed by atoms with Crippen LogP contribution in [0.5, 0.6) is 0 Å². The third-order valence-electron chi connectivity index (χ3n) is 2.73. The summed E-state index contributed by atoms with van der Waals surface area (Å²) in [6, 6.07) is 10.2. The normalized spacial score (nSPS) is 10.5. The number of aliphatic carboxylic acids is 1. The molecule has 128 valence electrons. The quantitative estimate of drug-likeness (QED) is 0.698. The lowest BCUT2D eigenvalue weighted by Crippen LogP contribution is -2.29. The Bertz CT molecular complexity index is 810. The zero-order valence-electron chi connectivity index (χ0n) is 12.2. The molecule has 0 unspecified atom stereocenters. The zero-order chi connectivity index (χ0) is 16.9. The van der Waals surface area contributed by atoms with Crippen LogP contribution >= 0.6 is 12.4 Å². The van der Waals surface area contributed by atoms with Crippen molar-refractivity contribution in [2.24, 2.45) is 0 Å². The zero-order valence-corrected chi connectivity index (χ0v) is 13.8. The number of hydrogen-bond donors (Lipinski definition) is 3. The predicted molar refractivity (Wildman–Crippen MR) is 88.7 cm³/mol. The van der Waals surface area contributed by atoms with Crippen molar-refractivity contribution in [2.45, 2.75) is 4.90 Å². The molecular formula is C14H14ClN3O5S. The Morgan fingerprint density at radius 1 is 1.08 bits per heavy atom. The van der Waals surface area contributed by atoms with Crippen molar-refractivity contribution in [3.05, 3.63) is 54.4 Å². The van der Waals surface area contributed by atoms with Gasteiger partial charge in [0, 0.05) is 11.9 Å². The first-order valence-corrected chi connectivity index (χ1v) is 7.91. The molecule has 8 nitrogen and oxygen atoms in total. The Kier molecular flexibility index (Phi) is 6.83. The molecule has 2 aromatic rings. The third-order valence-corrected chi connectivity index (χ3v) is 4.15. The van der Waals surface area contributed by atoms with Gasteiger partial charge >= 0.3 is 5.97 Å². The Morgan fingerprint density at radius 2 is 1.75 bits per heavy atom. The molecule has 0 atom stereocenters. The van der Waals surface area contributed by atoms with Crippen LogP contribution in [0.1, 0.15) is 10.5 Å². The number of carbonyl (C=O) groups is 2. The minimum Gasteiger partial charge on any atom is -0.480 e. The number of anilines is 1. The molecule has 24 heavy (non-hydrogen) atoms. The van der Waals surface area contributed by atoms with E-state index in [0.29, 0.717) is 5.69 Å². The Labute approximate surface area is 144 Å². The molecule has 10 heteroatoms. The lowest BCUT2D eigenvalue weighted by molar-refractivity contribution is -0.135. The summed E-state index contributed by atoms with van der Waals surface area (Å²) in [5, 5.41) is 11.1. The van der Waals surface area contributed by atoms with E-state index in [1.807, 2.05) is 4.72 Å². The molecule has 1 aromatic carbocycles. The summed E-state index contributed by atoms with van der Waals surface area (Å²) >= 11 is 0. The largest absolute Gasteiger partial charge is 0.480 e. The van der Waals surface area contributed by atoms with E-state index in [4.69, 9.17) is 5.11 Å². The lowest BCUT2D eigenvalue weighted by Gasteiger charge is -2.07. The van der Waals surface area contributed by atoms with Crippen molar-refractivity contribution in [1.82, 2.24) is 9.71 Å². The summed E-state index contributed by atoms with van der Waals surface area (Å²) in [4.78, 5) is 26.1. The van der Waals surface area contributed by atoms with E-state index in [0.717, 1.165) is 0 Å². The van der Waals surface area contributed by atoms with Gasteiger partial charge < -0.3 is 10.4 Å². The fourth-order valence-corrected chi connectivity index (χ4v) is 2.62. The summed E-state index contributed by atoms with van der Waals surface area (Å²) in [6.07, 6.45) is 1.48. The predicted octanol–water partition coefficient (Wildman–Crippen LogP) is 1.12. The van der Waals surface area contributed by atoms with Gasteiger partial charge in [-0.1, -0.05) is 6.07 Å². The van der Waals surface area contributed by atoms with Gasteiger partial charge in [-0.3, -0.25) is 14.6 Å². The summed E-state index contributed by atoms with van der Waals surface area (Å²) in [5.41, 5.74) is 0.616. The van der Waals surface area contributed by atoms with Crippen molar-refractivity contribution in [3.63, 3.8) is 0 Å². The highest BCUT2D eigenvalue weighted by Crippen LogP contribution is 2.14. The number of hydrogen-bond acceptors (Lipinski definition) is 5. The topological polar surface area (TPSA) is 125 Å². The van der Waals surface area contributed by atoms with Crippen LogP contribution in [0.25, 0.3) is 0 Å². The van der Waals surface area contributed by atoms with Crippen LogP contribution in [-0.4, -0.2) is 36.9 Å². The van der Waals surface area contributed by atoms with Crippen LogP contribution < -0.4 is 10.0 Å². The number of sulfonamides is 1. The Morgan fingerprint density at radius 3 is 2.29 bits per heavy atom. The first-order valence-electron chi connectivity index (χ1n) is 6.42. The van der Waals surface area contributed by atoms with Gasteiger partial charge in [-0.05, 0) is 36.4 Å². The smallest absolute Gasteiger partial charge is 0.318 e. The maximum atomic E-state index is 11.9. The number of nitrogens with zero attached hydrogens (tertiary/aromatic N) is 1. The molecule has 3 N–H and O–H groups in total. The lowest BCUT2D eigenvalue weighted by atomic mass is 10.3. The van der Waals surface area contributed by atoms with E-state index >= 15 is 0 Å². The van der Waals surface area contributed by atoms with Crippen LogP contribution in [0.2, 0.25) is 0 Å². The minimum atomic E-state index is -3.91. The summed E-state index contributed by atoms with van der Waals surface area (Å²) in [6.45, 7) is -0.708. The van der Waals surface area contributed by atoms with Gasteiger partial charge in [0.1, 0.15) is 12.2 Å². The highest BCUT2D eigenvalue weighted by molar-refractivity contribution is 7.89. The number of carboxylic acid groups (broad SMARTS) is 1. The van der Waals surface area contributed by atoms with E-state index in [9.17, 15) is 18.0 Å². The van der Waals surface area contributed by atoms with Crippen molar-refractivity contribution in [1.29, 1.82) is 0 Å². The molecule has 0 spiro atoms. The van der Waals surface area contributed by atoms with E-state index < -0.39 is 28.4 Å². The molecule has 1 amide bonds. The molecule has 0 radical (unpaired) electrons. The second-order valence-corrected chi connectivity index (χ2v) is 6.18. The molecule has 0 bridgehead atoms. The Balaban J connectivity index is 0.00000288. The van der Waals surface area contributed by atoms with Crippen molar-refractivity contribution in [2.75, 3.05) is 11.9 Å². The SMILES string of the molecule is Cl.O=C(O)CNS(=O)(=O)c1ccc(NC(=O)c2ccccn2)cc1. The number of rotatable bonds is 6. The van der Waals surface area contributed by atoms with Crippen molar-refractivity contribution < 1.29 is 23.1 Å². The van der Waals surface area contributed by atoms with E-state index in [-0.39, 0.29) is 23.0 Å².